The predicted molar refractivity (Wildman–Crippen MR) is 101 cm³/mol. The van der Waals surface area contributed by atoms with Crippen molar-refractivity contribution >= 4 is 33.6 Å². The fourth-order valence-electron chi connectivity index (χ4n) is 2.89. The van der Waals surface area contributed by atoms with Crippen molar-refractivity contribution in [3.63, 3.8) is 0 Å². The lowest BCUT2D eigenvalue weighted by atomic mass is 10.0. The normalized spacial score (nSPS) is 11.3. The number of para-hydroxylation sites is 1. The second-order valence-electron chi connectivity index (χ2n) is 5.96. The minimum absolute atomic E-state index is 0.315. The van der Waals surface area contributed by atoms with Gasteiger partial charge in [-0.15, -0.1) is 11.8 Å². The van der Waals surface area contributed by atoms with Crippen LogP contribution < -0.4 is 5.63 Å². The zero-order valence-corrected chi connectivity index (χ0v) is 14.8. The molecule has 4 nitrogen and oxygen atoms in total. The molecule has 0 radical (unpaired) electrons. The van der Waals surface area contributed by atoms with Crippen LogP contribution in [-0.2, 0) is 5.75 Å². The Kier molecular flexibility index (Phi) is 4.01. The van der Waals surface area contributed by atoms with Crippen LogP contribution in [0.4, 0.5) is 0 Å². The maximum absolute atomic E-state index is 12.0. The van der Waals surface area contributed by atoms with Gasteiger partial charge in [-0.3, -0.25) is 0 Å². The molecule has 0 N–H and O–H groups in total. The van der Waals surface area contributed by atoms with Crippen LogP contribution in [0.3, 0.4) is 0 Å². The summed E-state index contributed by atoms with van der Waals surface area (Å²) in [6.45, 7) is 4.00. The molecule has 25 heavy (non-hydrogen) atoms. The Morgan fingerprint density at radius 3 is 2.76 bits per heavy atom. The second-order valence-corrected chi connectivity index (χ2v) is 6.92. The van der Waals surface area contributed by atoms with E-state index >= 15 is 0 Å². The summed E-state index contributed by atoms with van der Waals surface area (Å²) in [7, 11) is 0. The minimum Gasteiger partial charge on any atom is -0.422 e. The van der Waals surface area contributed by atoms with Crippen molar-refractivity contribution in [1.29, 1.82) is 0 Å². The smallest absolute Gasteiger partial charge is 0.336 e. The SMILES string of the molecule is Cc1ccc2c(CSc3ncnc4ccccc34)cc(=O)oc2c1C. The molecule has 0 spiro atoms. The predicted octanol–water partition coefficient (Wildman–Crippen LogP) is 4.65. The average molecular weight is 348 g/mol. The number of nitrogens with zero attached hydrogens (tertiary/aromatic N) is 2. The number of aryl methyl sites for hydroxylation is 2. The standard InChI is InChI=1S/C20H16N2O2S/c1-12-7-8-15-14(9-18(23)24-19(15)13(12)2)10-25-20-16-5-3-4-6-17(16)21-11-22-20/h3-9,11H,10H2,1-2H3. The summed E-state index contributed by atoms with van der Waals surface area (Å²) >= 11 is 1.60. The molecular weight excluding hydrogens is 332 g/mol. The van der Waals surface area contributed by atoms with Crippen molar-refractivity contribution in [1.82, 2.24) is 9.97 Å². The summed E-state index contributed by atoms with van der Waals surface area (Å²) in [6, 6.07) is 13.6. The van der Waals surface area contributed by atoms with Gasteiger partial charge in [0.05, 0.1) is 5.52 Å². The fourth-order valence-corrected chi connectivity index (χ4v) is 3.87. The molecule has 0 unspecified atom stereocenters. The number of hydrogen-bond donors (Lipinski definition) is 0. The highest BCUT2D eigenvalue weighted by molar-refractivity contribution is 7.98. The zero-order chi connectivity index (χ0) is 17.4. The lowest BCUT2D eigenvalue weighted by Crippen LogP contribution is -2.01. The van der Waals surface area contributed by atoms with E-state index in [-0.39, 0.29) is 5.63 Å². The first-order chi connectivity index (χ1) is 12.1. The van der Waals surface area contributed by atoms with Gasteiger partial charge in [-0.2, -0.15) is 0 Å². The topological polar surface area (TPSA) is 56.0 Å². The number of thioether (sulfide) groups is 1. The van der Waals surface area contributed by atoms with Crippen LogP contribution in [0.15, 0.2) is 63.0 Å². The molecule has 0 fully saturated rings. The van der Waals surface area contributed by atoms with Gasteiger partial charge >= 0.3 is 5.63 Å². The van der Waals surface area contributed by atoms with E-state index in [1.165, 1.54) is 0 Å². The summed E-state index contributed by atoms with van der Waals surface area (Å²) in [5.74, 6) is 0.644. The van der Waals surface area contributed by atoms with E-state index in [1.807, 2.05) is 44.2 Å². The van der Waals surface area contributed by atoms with Crippen molar-refractivity contribution in [3.05, 3.63) is 75.9 Å². The van der Waals surface area contributed by atoms with Crippen LogP contribution in [0.1, 0.15) is 16.7 Å². The molecule has 124 valence electrons. The van der Waals surface area contributed by atoms with Crippen LogP contribution in [0.25, 0.3) is 21.9 Å². The van der Waals surface area contributed by atoms with Crippen LogP contribution in [-0.4, -0.2) is 9.97 Å². The number of hydrogen-bond acceptors (Lipinski definition) is 5. The molecule has 0 saturated carbocycles. The lowest BCUT2D eigenvalue weighted by molar-refractivity contribution is 0.557. The first-order valence-corrected chi connectivity index (χ1v) is 8.97. The molecule has 0 atom stereocenters. The molecule has 2 aromatic carbocycles. The molecule has 4 aromatic rings. The molecule has 5 heteroatoms. The highest BCUT2D eigenvalue weighted by Gasteiger charge is 2.11. The van der Waals surface area contributed by atoms with E-state index in [0.717, 1.165) is 38.0 Å². The Balaban J connectivity index is 1.76. The van der Waals surface area contributed by atoms with Crippen molar-refractivity contribution in [3.8, 4) is 0 Å². The van der Waals surface area contributed by atoms with Crippen LogP contribution >= 0.6 is 11.8 Å². The minimum atomic E-state index is -0.315. The third kappa shape index (κ3) is 2.91. The molecule has 0 aliphatic carbocycles. The Labute approximate surface area is 148 Å². The number of aromatic nitrogens is 2. The van der Waals surface area contributed by atoms with Gasteiger partial charge in [0.2, 0.25) is 0 Å². The van der Waals surface area contributed by atoms with Crippen molar-refractivity contribution in [2.45, 2.75) is 24.6 Å². The summed E-state index contributed by atoms with van der Waals surface area (Å²) in [5, 5.41) is 2.92. The number of benzene rings is 2. The third-order valence-electron chi connectivity index (χ3n) is 4.39. The van der Waals surface area contributed by atoms with Crippen molar-refractivity contribution in [2.24, 2.45) is 0 Å². The van der Waals surface area contributed by atoms with E-state index in [9.17, 15) is 4.79 Å². The maximum atomic E-state index is 12.0. The molecule has 0 aliphatic rings. The number of rotatable bonds is 3. The van der Waals surface area contributed by atoms with E-state index in [1.54, 1.807) is 24.2 Å². The largest absolute Gasteiger partial charge is 0.422 e. The Hall–Kier alpha value is -2.66. The molecule has 0 bridgehead atoms. The maximum Gasteiger partial charge on any atom is 0.336 e. The molecule has 0 saturated heterocycles. The highest BCUT2D eigenvalue weighted by Crippen LogP contribution is 2.30. The molecular formula is C20H16N2O2S. The summed E-state index contributed by atoms with van der Waals surface area (Å²) in [6.07, 6.45) is 1.58. The summed E-state index contributed by atoms with van der Waals surface area (Å²) in [4.78, 5) is 20.7. The second kappa shape index (κ2) is 6.33. The highest BCUT2D eigenvalue weighted by atomic mass is 32.2. The van der Waals surface area contributed by atoms with Crippen LogP contribution in [0.5, 0.6) is 0 Å². The Morgan fingerprint density at radius 1 is 1.04 bits per heavy atom. The van der Waals surface area contributed by atoms with Gasteiger partial charge in [-0.25, -0.2) is 14.8 Å². The van der Waals surface area contributed by atoms with Gasteiger partial charge in [0, 0.05) is 22.6 Å². The number of fused-ring (bicyclic) bond motifs is 2. The summed E-state index contributed by atoms with van der Waals surface area (Å²) in [5.41, 5.74) is 4.36. The molecule has 2 aromatic heterocycles. The van der Waals surface area contributed by atoms with E-state index in [2.05, 4.69) is 16.0 Å². The Bertz CT molecular complexity index is 1150. The lowest BCUT2D eigenvalue weighted by Gasteiger charge is -2.09. The Morgan fingerprint density at radius 2 is 1.88 bits per heavy atom. The zero-order valence-electron chi connectivity index (χ0n) is 13.9. The van der Waals surface area contributed by atoms with Crippen LogP contribution in [0.2, 0.25) is 0 Å². The van der Waals surface area contributed by atoms with Gasteiger partial charge in [0.25, 0.3) is 0 Å². The van der Waals surface area contributed by atoms with Gasteiger partial charge < -0.3 is 4.42 Å². The molecule has 2 heterocycles. The van der Waals surface area contributed by atoms with E-state index in [4.69, 9.17) is 4.42 Å². The van der Waals surface area contributed by atoms with Gasteiger partial charge in [0.1, 0.15) is 16.9 Å². The van der Waals surface area contributed by atoms with Crippen molar-refractivity contribution in [2.75, 3.05) is 0 Å². The molecule has 0 aliphatic heterocycles. The van der Waals surface area contributed by atoms with Gasteiger partial charge in [-0.05, 0) is 36.6 Å². The van der Waals surface area contributed by atoms with Gasteiger partial charge in [-0.1, -0.05) is 30.3 Å². The van der Waals surface area contributed by atoms with Crippen LogP contribution in [0, 0.1) is 13.8 Å². The molecule has 0 amide bonds. The molecule has 4 rings (SSSR count). The van der Waals surface area contributed by atoms with E-state index in [0.29, 0.717) is 11.3 Å². The summed E-state index contributed by atoms with van der Waals surface area (Å²) < 4.78 is 5.45. The fraction of sp³-hybridized carbons (Fsp3) is 0.150. The monoisotopic (exact) mass is 348 g/mol. The average Bonchev–Trinajstić information content (AvgIpc) is 2.63. The quantitative estimate of drug-likeness (QED) is 0.306. The third-order valence-corrected chi connectivity index (χ3v) is 5.44. The van der Waals surface area contributed by atoms with Crippen molar-refractivity contribution < 1.29 is 4.42 Å². The van der Waals surface area contributed by atoms with E-state index < -0.39 is 0 Å². The van der Waals surface area contributed by atoms with Gasteiger partial charge in [0.15, 0.2) is 0 Å². The first-order valence-electron chi connectivity index (χ1n) is 7.99. The first kappa shape index (κ1) is 15.8.